The first-order valence-corrected chi connectivity index (χ1v) is 5.30. The van der Waals surface area contributed by atoms with Crippen molar-refractivity contribution in [3.8, 4) is 11.8 Å². The average molecular weight is 186 g/mol. The minimum Gasteiger partial charge on any atom is -0.0979 e. The van der Waals surface area contributed by atoms with E-state index in [1.807, 2.05) is 0 Å². The van der Waals surface area contributed by atoms with E-state index in [2.05, 4.69) is 50.8 Å². The van der Waals surface area contributed by atoms with Crippen LogP contribution in [-0.2, 0) is 0 Å². The zero-order chi connectivity index (χ0) is 10.4. The maximum Gasteiger partial charge on any atom is 0.0248 e. The summed E-state index contributed by atoms with van der Waals surface area (Å²) in [6.07, 6.45) is 3.45. The van der Waals surface area contributed by atoms with E-state index in [1.165, 1.54) is 24.0 Å². The Bertz CT molecular complexity index is 350. The molecule has 0 atom stereocenters. The van der Waals surface area contributed by atoms with Gasteiger partial charge in [-0.05, 0) is 43.5 Å². The van der Waals surface area contributed by atoms with Gasteiger partial charge in [-0.3, -0.25) is 0 Å². The summed E-state index contributed by atoms with van der Waals surface area (Å²) in [7, 11) is 0. The molecular weight excluding hydrogens is 168 g/mol. The third kappa shape index (κ3) is 3.26. The third-order valence-electron chi connectivity index (χ3n) is 2.39. The molecule has 14 heavy (non-hydrogen) atoms. The van der Waals surface area contributed by atoms with Crippen LogP contribution in [-0.4, -0.2) is 0 Å². The van der Waals surface area contributed by atoms with Crippen molar-refractivity contribution in [2.75, 3.05) is 0 Å². The van der Waals surface area contributed by atoms with Crippen LogP contribution in [0, 0.1) is 25.7 Å². The van der Waals surface area contributed by atoms with Crippen LogP contribution in [0.2, 0.25) is 0 Å². The number of hydrogen-bond acceptors (Lipinski definition) is 0. The lowest BCUT2D eigenvalue weighted by Crippen LogP contribution is -1.82. The smallest absolute Gasteiger partial charge is 0.0248 e. The van der Waals surface area contributed by atoms with Gasteiger partial charge in [0.2, 0.25) is 0 Å². The fourth-order valence-electron chi connectivity index (χ4n) is 1.25. The van der Waals surface area contributed by atoms with Gasteiger partial charge in [0, 0.05) is 12.0 Å². The molecule has 74 valence electrons. The van der Waals surface area contributed by atoms with Crippen LogP contribution >= 0.6 is 0 Å². The van der Waals surface area contributed by atoms with Crippen molar-refractivity contribution in [1.29, 1.82) is 0 Å². The van der Waals surface area contributed by atoms with Crippen LogP contribution in [0.1, 0.15) is 42.9 Å². The van der Waals surface area contributed by atoms with E-state index in [0.29, 0.717) is 0 Å². The highest BCUT2D eigenvalue weighted by Crippen LogP contribution is 2.08. The van der Waals surface area contributed by atoms with Gasteiger partial charge in [-0.15, -0.1) is 0 Å². The maximum atomic E-state index is 3.20. The molecule has 0 heteroatoms. The lowest BCUT2D eigenvalue weighted by molar-refractivity contribution is 0.828. The largest absolute Gasteiger partial charge is 0.0979 e. The molecule has 0 aromatic heterocycles. The fourth-order valence-corrected chi connectivity index (χ4v) is 1.25. The first-order valence-electron chi connectivity index (χ1n) is 5.30. The van der Waals surface area contributed by atoms with E-state index in [4.69, 9.17) is 0 Å². The van der Waals surface area contributed by atoms with E-state index in [-0.39, 0.29) is 0 Å². The van der Waals surface area contributed by atoms with Gasteiger partial charge < -0.3 is 0 Å². The predicted molar refractivity (Wildman–Crippen MR) is 62.3 cm³/mol. The zero-order valence-electron chi connectivity index (χ0n) is 9.35. The van der Waals surface area contributed by atoms with Crippen LogP contribution in [0.25, 0.3) is 0 Å². The van der Waals surface area contributed by atoms with Gasteiger partial charge >= 0.3 is 0 Å². The highest BCUT2D eigenvalue weighted by atomic mass is 14.0. The highest BCUT2D eigenvalue weighted by Gasteiger charge is 1.92. The zero-order valence-corrected chi connectivity index (χ0v) is 9.35. The molecule has 0 aliphatic heterocycles. The second kappa shape index (κ2) is 5.50. The summed E-state index contributed by atoms with van der Waals surface area (Å²) in [6.45, 7) is 6.45. The number of aryl methyl sites for hydroxylation is 2. The van der Waals surface area contributed by atoms with E-state index in [9.17, 15) is 0 Å². The molecular formula is C14H18. The maximum absolute atomic E-state index is 3.20. The molecule has 0 spiro atoms. The van der Waals surface area contributed by atoms with Crippen LogP contribution in [0.4, 0.5) is 0 Å². The first kappa shape index (κ1) is 10.9. The Hall–Kier alpha value is -1.22. The van der Waals surface area contributed by atoms with Crippen LogP contribution in [0.3, 0.4) is 0 Å². The molecule has 0 N–H and O–H groups in total. The third-order valence-corrected chi connectivity index (χ3v) is 2.39. The topological polar surface area (TPSA) is 0 Å². The SMILES string of the molecule is CCCCC#Cc1ccc(C)c(C)c1. The van der Waals surface area contributed by atoms with E-state index in [1.54, 1.807) is 0 Å². The molecule has 0 unspecified atom stereocenters. The lowest BCUT2D eigenvalue weighted by atomic mass is 10.1. The minimum atomic E-state index is 1.02. The van der Waals surface area contributed by atoms with E-state index < -0.39 is 0 Å². The Morgan fingerprint density at radius 3 is 2.57 bits per heavy atom. The second-order valence-corrected chi connectivity index (χ2v) is 3.70. The molecule has 0 amide bonds. The first-order chi connectivity index (χ1) is 6.74. The summed E-state index contributed by atoms with van der Waals surface area (Å²) >= 11 is 0. The molecule has 0 radical (unpaired) electrons. The number of hydrogen-bond donors (Lipinski definition) is 0. The summed E-state index contributed by atoms with van der Waals surface area (Å²) in [6, 6.07) is 6.40. The summed E-state index contributed by atoms with van der Waals surface area (Å²) in [5.41, 5.74) is 3.81. The Labute approximate surface area is 87.4 Å². The van der Waals surface area contributed by atoms with Crippen molar-refractivity contribution in [2.24, 2.45) is 0 Å². The highest BCUT2D eigenvalue weighted by molar-refractivity contribution is 5.39. The molecule has 0 saturated carbocycles. The number of benzene rings is 1. The summed E-state index contributed by atoms with van der Waals surface area (Å²) < 4.78 is 0. The minimum absolute atomic E-state index is 1.02. The van der Waals surface area contributed by atoms with Gasteiger partial charge in [0.15, 0.2) is 0 Å². The molecule has 0 aliphatic carbocycles. The normalized spacial score (nSPS) is 9.36. The average Bonchev–Trinajstić information content (AvgIpc) is 2.18. The number of rotatable bonds is 2. The van der Waals surface area contributed by atoms with Gasteiger partial charge in [-0.25, -0.2) is 0 Å². The molecule has 0 aliphatic rings. The Morgan fingerprint density at radius 2 is 1.93 bits per heavy atom. The van der Waals surface area contributed by atoms with Gasteiger partial charge in [0.05, 0.1) is 0 Å². The van der Waals surface area contributed by atoms with Crippen LogP contribution in [0.15, 0.2) is 18.2 Å². The van der Waals surface area contributed by atoms with Crippen molar-refractivity contribution < 1.29 is 0 Å². The van der Waals surface area contributed by atoms with Crippen LogP contribution < -0.4 is 0 Å². The molecule has 0 heterocycles. The quantitative estimate of drug-likeness (QED) is 0.486. The second-order valence-electron chi connectivity index (χ2n) is 3.70. The fraction of sp³-hybridized carbons (Fsp3) is 0.429. The number of unbranched alkanes of at least 4 members (excludes halogenated alkanes) is 2. The van der Waals surface area contributed by atoms with E-state index >= 15 is 0 Å². The molecule has 0 saturated heterocycles. The molecule has 1 aromatic carbocycles. The Balaban J connectivity index is 2.66. The van der Waals surface area contributed by atoms with Crippen molar-refractivity contribution in [2.45, 2.75) is 40.0 Å². The Kier molecular flexibility index (Phi) is 4.26. The summed E-state index contributed by atoms with van der Waals surface area (Å²) in [5, 5.41) is 0. The predicted octanol–water partition coefficient (Wildman–Crippen LogP) is 3.85. The van der Waals surface area contributed by atoms with Gasteiger partial charge in [0.1, 0.15) is 0 Å². The van der Waals surface area contributed by atoms with Gasteiger partial charge in [0.25, 0.3) is 0 Å². The molecule has 0 fully saturated rings. The van der Waals surface area contributed by atoms with Crippen molar-refractivity contribution in [3.05, 3.63) is 34.9 Å². The van der Waals surface area contributed by atoms with Gasteiger partial charge in [-0.2, -0.15) is 0 Å². The Morgan fingerprint density at radius 1 is 1.14 bits per heavy atom. The lowest BCUT2D eigenvalue weighted by Gasteiger charge is -1.98. The monoisotopic (exact) mass is 186 g/mol. The molecule has 0 nitrogen and oxygen atoms in total. The van der Waals surface area contributed by atoms with Crippen molar-refractivity contribution in [3.63, 3.8) is 0 Å². The molecule has 0 bridgehead atoms. The summed E-state index contributed by atoms with van der Waals surface area (Å²) in [4.78, 5) is 0. The van der Waals surface area contributed by atoms with Crippen LogP contribution in [0.5, 0.6) is 0 Å². The van der Waals surface area contributed by atoms with Gasteiger partial charge in [-0.1, -0.05) is 31.3 Å². The standard InChI is InChI=1S/C14H18/c1-4-5-6-7-8-14-10-9-12(2)13(3)11-14/h9-11H,4-6H2,1-3H3. The van der Waals surface area contributed by atoms with Crippen molar-refractivity contribution >= 4 is 0 Å². The molecule has 1 aromatic rings. The van der Waals surface area contributed by atoms with E-state index in [0.717, 1.165) is 12.0 Å². The summed E-state index contributed by atoms with van der Waals surface area (Å²) in [5.74, 6) is 6.40. The van der Waals surface area contributed by atoms with Crippen molar-refractivity contribution in [1.82, 2.24) is 0 Å². The molecule has 1 rings (SSSR count).